The van der Waals surface area contributed by atoms with Gasteiger partial charge in [0.15, 0.2) is 6.29 Å². The Bertz CT molecular complexity index is 1060. The van der Waals surface area contributed by atoms with Crippen molar-refractivity contribution in [2.75, 3.05) is 25.7 Å². The summed E-state index contributed by atoms with van der Waals surface area (Å²) in [4.78, 5) is 26.8. The summed E-state index contributed by atoms with van der Waals surface area (Å²) < 4.78 is 38.1. The Morgan fingerprint density at radius 2 is 1.52 bits per heavy atom. The summed E-state index contributed by atoms with van der Waals surface area (Å²) >= 11 is 11.8. The highest BCUT2D eigenvalue weighted by Gasteiger charge is 2.47. The van der Waals surface area contributed by atoms with Crippen LogP contribution in [0.1, 0.15) is 6.42 Å². The molecular formula is C20H20Cl2N2O6S. The molecule has 1 heterocycles. The molecule has 0 aromatic heterocycles. The smallest absolute Gasteiger partial charge is 0.252 e. The van der Waals surface area contributed by atoms with Crippen molar-refractivity contribution in [3.8, 4) is 0 Å². The number of hydrogen-bond donors (Lipinski definition) is 0. The minimum Gasteiger partial charge on any atom is -0.354 e. The summed E-state index contributed by atoms with van der Waals surface area (Å²) in [6.07, 6.45) is -1.27. The number of hydrogen-bond acceptors (Lipinski definition) is 6. The van der Waals surface area contributed by atoms with Crippen LogP contribution in [0.4, 0.5) is 5.69 Å². The minimum atomic E-state index is -4.19. The lowest BCUT2D eigenvalue weighted by Crippen LogP contribution is -2.49. The second kappa shape index (κ2) is 9.64. The third-order valence-corrected chi connectivity index (χ3v) is 7.22. The van der Waals surface area contributed by atoms with Gasteiger partial charge in [-0.1, -0.05) is 23.2 Å². The van der Waals surface area contributed by atoms with Crippen molar-refractivity contribution in [3.63, 3.8) is 0 Å². The van der Waals surface area contributed by atoms with Gasteiger partial charge in [-0.15, -0.1) is 0 Å². The number of nitrogens with zero attached hydrogens (tertiary/aromatic N) is 2. The largest absolute Gasteiger partial charge is 0.354 e. The molecular weight excluding hydrogens is 467 g/mol. The molecule has 1 atom stereocenters. The number of sulfonamides is 1. The molecule has 1 saturated heterocycles. The van der Waals surface area contributed by atoms with Gasteiger partial charge in [-0.2, -0.15) is 4.31 Å². The first-order chi connectivity index (χ1) is 14.7. The van der Waals surface area contributed by atoms with E-state index in [1.807, 2.05) is 0 Å². The Balaban J connectivity index is 2.01. The first kappa shape index (κ1) is 23.6. The van der Waals surface area contributed by atoms with Gasteiger partial charge in [-0.25, -0.2) is 13.3 Å². The fraction of sp³-hybridized carbons (Fsp3) is 0.300. The Kier molecular flexibility index (Phi) is 7.35. The van der Waals surface area contributed by atoms with Gasteiger partial charge in [0.1, 0.15) is 6.04 Å². The third-order valence-electron chi connectivity index (χ3n) is 4.83. The second-order valence-electron chi connectivity index (χ2n) is 6.69. The van der Waals surface area contributed by atoms with Gasteiger partial charge in [0.05, 0.1) is 23.5 Å². The van der Waals surface area contributed by atoms with Gasteiger partial charge in [-0.05, 0) is 48.5 Å². The van der Waals surface area contributed by atoms with Crippen LogP contribution < -0.4 is 4.90 Å². The van der Waals surface area contributed by atoms with Crippen LogP contribution in [0.15, 0.2) is 53.4 Å². The Labute approximate surface area is 190 Å². The van der Waals surface area contributed by atoms with Crippen LogP contribution in [0.25, 0.3) is 0 Å². The summed E-state index contributed by atoms with van der Waals surface area (Å²) in [5.74, 6) is -1.20. The van der Waals surface area contributed by atoms with Crippen molar-refractivity contribution in [1.82, 2.24) is 4.31 Å². The zero-order valence-electron chi connectivity index (χ0n) is 16.7. The Morgan fingerprint density at radius 1 is 1.00 bits per heavy atom. The summed E-state index contributed by atoms with van der Waals surface area (Å²) in [6.45, 7) is -0.296. The zero-order chi connectivity index (χ0) is 22.8. The van der Waals surface area contributed by atoms with E-state index in [-0.39, 0.29) is 17.9 Å². The quantitative estimate of drug-likeness (QED) is 0.420. The molecule has 0 spiro atoms. The van der Waals surface area contributed by atoms with Gasteiger partial charge in [0, 0.05) is 24.3 Å². The maximum absolute atomic E-state index is 13.4. The minimum absolute atomic E-state index is 0.0759. The van der Waals surface area contributed by atoms with E-state index < -0.39 is 34.2 Å². The predicted molar refractivity (Wildman–Crippen MR) is 115 cm³/mol. The normalized spacial score (nSPS) is 17.2. The van der Waals surface area contributed by atoms with E-state index in [2.05, 4.69) is 0 Å². The van der Waals surface area contributed by atoms with Gasteiger partial charge in [0.25, 0.3) is 5.91 Å². The first-order valence-corrected chi connectivity index (χ1v) is 11.3. The number of methoxy groups -OCH3 is 2. The zero-order valence-corrected chi connectivity index (χ0v) is 19.0. The number of rotatable bonds is 8. The van der Waals surface area contributed by atoms with E-state index in [0.717, 1.165) is 9.21 Å². The number of carbonyl (C=O) groups excluding carboxylic acids is 2. The van der Waals surface area contributed by atoms with Crippen LogP contribution in [-0.2, 0) is 29.1 Å². The summed E-state index contributed by atoms with van der Waals surface area (Å²) in [5, 5.41) is 0.799. The molecule has 0 bridgehead atoms. The molecule has 8 nitrogen and oxygen atoms in total. The van der Waals surface area contributed by atoms with Gasteiger partial charge in [-0.3, -0.25) is 9.59 Å². The lowest BCUT2D eigenvalue weighted by Gasteiger charge is -2.29. The molecule has 2 aromatic carbocycles. The lowest BCUT2D eigenvalue weighted by molar-refractivity contribution is -0.125. The van der Waals surface area contributed by atoms with E-state index in [1.54, 1.807) is 12.1 Å². The van der Waals surface area contributed by atoms with Crippen LogP contribution in [0.2, 0.25) is 10.0 Å². The molecule has 166 valence electrons. The van der Waals surface area contributed by atoms with E-state index in [4.69, 9.17) is 32.7 Å². The van der Waals surface area contributed by atoms with E-state index in [0.29, 0.717) is 15.7 Å². The molecule has 0 aliphatic carbocycles. The maximum atomic E-state index is 13.4. The van der Waals surface area contributed by atoms with Crippen molar-refractivity contribution in [3.05, 3.63) is 58.6 Å². The Morgan fingerprint density at radius 3 is 2.03 bits per heavy atom. The highest BCUT2D eigenvalue weighted by Crippen LogP contribution is 2.30. The van der Waals surface area contributed by atoms with Gasteiger partial charge in [0.2, 0.25) is 15.9 Å². The van der Waals surface area contributed by atoms with Crippen LogP contribution >= 0.6 is 23.2 Å². The number of halogens is 2. The third kappa shape index (κ3) is 4.92. The molecule has 1 fully saturated rings. The van der Waals surface area contributed by atoms with E-state index in [1.165, 1.54) is 50.6 Å². The van der Waals surface area contributed by atoms with Gasteiger partial charge < -0.3 is 9.47 Å². The van der Waals surface area contributed by atoms with E-state index >= 15 is 0 Å². The van der Waals surface area contributed by atoms with Crippen molar-refractivity contribution in [2.24, 2.45) is 0 Å². The second-order valence-corrected chi connectivity index (χ2v) is 9.46. The number of carbonyl (C=O) groups is 2. The van der Waals surface area contributed by atoms with E-state index in [9.17, 15) is 18.0 Å². The monoisotopic (exact) mass is 486 g/mol. The number of amides is 2. The molecule has 3 rings (SSSR count). The van der Waals surface area contributed by atoms with Crippen molar-refractivity contribution >= 4 is 50.7 Å². The Hall–Kier alpha value is -2.01. The fourth-order valence-corrected chi connectivity index (χ4v) is 5.05. The van der Waals surface area contributed by atoms with Crippen LogP contribution in [0.5, 0.6) is 0 Å². The molecule has 1 unspecified atom stereocenters. The molecule has 1 aliphatic rings. The molecule has 31 heavy (non-hydrogen) atoms. The molecule has 0 saturated carbocycles. The molecule has 0 radical (unpaired) electrons. The summed E-state index contributed by atoms with van der Waals surface area (Å²) in [5.41, 5.74) is 0.306. The molecule has 0 N–H and O–H groups in total. The highest BCUT2D eigenvalue weighted by molar-refractivity contribution is 7.89. The SMILES string of the molecule is COC(CN(C1CC(=O)N(c2ccc(Cl)cc2)C1=O)S(=O)(=O)c1ccc(Cl)cc1)OC. The average Bonchev–Trinajstić information content (AvgIpc) is 3.03. The highest BCUT2D eigenvalue weighted by atomic mass is 35.5. The van der Waals surface area contributed by atoms with Gasteiger partial charge >= 0.3 is 0 Å². The lowest BCUT2D eigenvalue weighted by atomic mass is 10.2. The predicted octanol–water partition coefficient (Wildman–Crippen LogP) is 2.94. The first-order valence-electron chi connectivity index (χ1n) is 9.14. The molecule has 2 amide bonds. The standard InChI is InChI=1S/C20H20Cl2N2O6S/c1-29-19(30-2)12-23(31(27,28)16-9-5-14(22)6-10-16)17-11-18(25)24(20(17)26)15-7-3-13(21)4-8-15/h3-10,17,19H,11-12H2,1-2H3. The molecule has 1 aliphatic heterocycles. The molecule has 2 aromatic rings. The van der Waals surface area contributed by atoms with Crippen LogP contribution in [0.3, 0.4) is 0 Å². The number of benzene rings is 2. The maximum Gasteiger partial charge on any atom is 0.252 e. The number of ether oxygens (including phenoxy) is 2. The molecule has 11 heteroatoms. The summed E-state index contributed by atoms with van der Waals surface area (Å²) in [6, 6.07) is 10.4. The number of imide groups is 1. The summed E-state index contributed by atoms with van der Waals surface area (Å²) in [7, 11) is -1.49. The number of anilines is 1. The van der Waals surface area contributed by atoms with Crippen molar-refractivity contribution in [2.45, 2.75) is 23.6 Å². The van der Waals surface area contributed by atoms with Crippen molar-refractivity contribution < 1.29 is 27.5 Å². The van der Waals surface area contributed by atoms with Crippen LogP contribution in [-0.4, -0.2) is 57.6 Å². The average molecular weight is 487 g/mol. The topological polar surface area (TPSA) is 93.2 Å². The van der Waals surface area contributed by atoms with Crippen molar-refractivity contribution in [1.29, 1.82) is 0 Å². The van der Waals surface area contributed by atoms with Crippen LogP contribution in [0, 0.1) is 0 Å². The fourth-order valence-electron chi connectivity index (χ4n) is 3.23.